The molecule has 0 N–H and O–H groups in total. The Hall–Kier alpha value is -0.100. The van der Waals surface area contributed by atoms with E-state index in [1.807, 2.05) is 33.8 Å². The predicted molar refractivity (Wildman–Crippen MR) is 87.8 cm³/mol. The van der Waals surface area contributed by atoms with Gasteiger partial charge in [-0.05, 0) is 60.3 Å². The molecule has 0 saturated heterocycles. The van der Waals surface area contributed by atoms with E-state index in [9.17, 15) is 8.42 Å². The molecular formula is C14H21BrClNO2S. The molecule has 0 aliphatic carbocycles. The van der Waals surface area contributed by atoms with Crippen molar-refractivity contribution in [3.63, 3.8) is 0 Å². The van der Waals surface area contributed by atoms with Crippen molar-refractivity contribution in [3.05, 3.63) is 27.7 Å². The lowest BCUT2D eigenvalue weighted by Crippen LogP contribution is -2.37. The molecule has 0 aliphatic rings. The molecule has 1 aromatic carbocycles. The Morgan fingerprint density at radius 2 is 1.95 bits per heavy atom. The molecule has 0 spiro atoms. The van der Waals surface area contributed by atoms with Gasteiger partial charge in [0.2, 0.25) is 10.0 Å². The molecule has 0 radical (unpaired) electrons. The number of benzene rings is 1. The zero-order valence-electron chi connectivity index (χ0n) is 12.3. The van der Waals surface area contributed by atoms with Crippen molar-refractivity contribution in [2.45, 2.75) is 50.9 Å². The van der Waals surface area contributed by atoms with Gasteiger partial charge < -0.3 is 0 Å². The minimum atomic E-state index is -3.52. The van der Waals surface area contributed by atoms with Crippen molar-refractivity contribution in [2.75, 3.05) is 6.54 Å². The molecule has 0 aromatic heterocycles. The topological polar surface area (TPSA) is 37.4 Å². The number of halogens is 2. The van der Waals surface area contributed by atoms with Crippen molar-refractivity contribution in [3.8, 4) is 0 Å². The third kappa shape index (κ3) is 3.75. The Balaban J connectivity index is 3.44. The number of sulfonamides is 1. The summed E-state index contributed by atoms with van der Waals surface area (Å²) in [6.45, 7) is 8.13. The standard InChI is InChI=1S/C14H21BrClNO2S/c1-5-6-17(10(2)3)20(18,19)13-8-12(9-16)7-11(4)14(13)15/h7-8,10H,5-6,9H2,1-4H3. The van der Waals surface area contributed by atoms with Gasteiger partial charge in [0.05, 0.1) is 4.90 Å². The molecule has 20 heavy (non-hydrogen) atoms. The van der Waals surface area contributed by atoms with Gasteiger partial charge in [-0.25, -0.2) is 8.42 Å². The minimum absolute atomic E-state index is 0.0770. The smallest absolute Gasteiger partial charge is 0.207 e. The average Bonchev–Trinajstić information content (AvgIpc) is 2.37. The zero-order valence-corrected chi connectivity index (χ0v) is 15.4. The van der Waals surface area contributed by atoms with Gasteiger partial charge in [0.25, 0.3) is 0 Å². The largest absolute Gasteiger partial charge is 0.244 e. The number of alkyl halides is 1. The normalized spacial score (nSPS) is 12.4. The van der Waals surface area contributed by atoms with Crippen molar-refractivity contribution in [1.82, 2.24) is 4.31 Å². The molecule has 1 aromatic rings. The van der Waals surface area contributed by atoms with Crippen molar-refractivity contribution in [1.29, 1.82) is 0 Å². The van der Waals surface area contributed by atoms with Gasteiger partial charge in [-0.15, -0.1) is 11.6 Å². The minimum Gasteiger partial charge on any atom is -0.207 e. The summed E-state index contributed by atoms with van der Waals surface area (Å²) in [5, 5.41) is 0. The summed E-state index contributed by atoms with van der Waals surface area (Å²) in [5.74, 6) is 0.298. The van der Waals surface area contributed by atoms with Crippen LogP contribution in [0.25, 0.3) is 0 Å². The van der Waals surface area contributed by atoms with E-state index < -0.39 is 10.0 Å². The number of nitrogens with zero attached hydrogens (tertiary/aromatic N) is 1. The molecule has 3 nitrogen and oxygen atoms in total. The van der Waals surface area contributed by atoms with Crippen LogP contribution < -0.4 is 0 Å². The molecule has 0 unspecified atom stereocenters. The maximum atomic E-state index is 12.9. The van der Waals surface area contributed by atoms with Crippen LogP contribution in [0.1, 0.15) is 38.3 Å². The Kier molecular flexibility index (Phi) is 6.51. The molecule has 0 amide bonds. The molecule has 114 valence electrons. The van der Waals surface area contributed by atoms with E-state index in [0.717, 1.165) is 17.5 Å². The predicted octanol–water partition coefficient (Wildman–Crippen LogP) is 4.31. The fourth-order valence-electron chi connectivity index (χ4n) is 2.08. The molecule has 0 bridgehead atoms. The fraction of sp³-hybridized carbons (Fsp3) is 0.571. The van der Waals surface area contributed by atoms with E-state index in [4.69, 9.17) is 11.6 Å². The van der Waals surface area contributed by atoms with Gasteiger partial charge in [-0.3, -0.25) is 0 Å². The number of rotatable bonds is 6. The molecule has 6 heteroatoms. The van der Waals surface area contributed by atoms with Gasteiger partial charge in [-0.2, -0.15) is 4.31 Å². The first kappa shape index (κ1) is 18.0. The quantitative estimate of drug-likeness (QED) is 0.688. The Morgan fingerprint density at radius 1 is 1.35 bits per heavy atom. The van der Waals surface area contributed by atoms with Crippen LogP contribution in [0.15, 0.2) is 21.5 Å². The highest BCUT2D eigenvalue weighted by molar-refractivity contribution is 9.10. The highest BCUT2D eigenvalue weighted by Crippen LogP contribution is 2.31. The summed E-state index contributed by atoms with van der Waals surface area (Å²) in [4.78, 5) is 0.301. The molecular weight excluding hydrogens is 362 g/mol. The zero-order chi connectivity index (χ0) is 15.5. The number of hydrogen-bond donors (Lipinski definition) is 0. The number of aryl methyl sites for hydroxylation is 1. The molecule has 0 fully saturated rings. The van der Waals surface area contributed by atoms with Crippen molar-refractivity contribution >= 4 is 37.6 Å². The third-order valence-corrected chi connectivity index (χ3v) is 6.76. The summed E-state index contributed by atoms with van der Waals surface area (Å²) in [7, 11) is -3.52. The van der Waals surface area contributed by atoms with Crippen LogP contribution >= 0.6 is 27.5 Å². The highest BCUT2D eigenvalue weighted by atomic mass is 79.9. The summed E-state index contributed by atoms with van der Waals surface area (Å²) in [6, 6.07) is 3.48. The van der Waals surface area contributed by atoms with Gasteiger partial charge >= 0.3 is 0 Å². The third-order valence-electron chi connectivity index (χ3n) is 3.04. The fourth-order valence-corrected chi connectivity index (χ4v) is 4.99. The van der Waals surface area contributed by atoms with E-state index in [2.05, 4.69) is 15.9 Å². The SMILES string of the molecule is CCCN(C(C)C)S(=O)(=O)c1cc(CCl)cc(C)c1Br. The van der Waals surface area contributed by atoms with E-state index in [-0.39, 0.29) is 6.04 Å². The summed E-state index contributed by atoms with van der Waals surface area (Å²) >= 11 is 9.25. The van der Waals surface area contributed by atoms with Gasteiger partial charge in [0, 0.05) is 22.9 Å². The average molecular weight is 383 g/mol. The lowest BCUT2D eigenvalue weighted by Gasteiger charge is -2.26. The molecule has 0 saturated carbocycles. The van der Waals surface area contributed by atoms with Crippen LogP contribution in [0.5, 0.6) is 0 Å². The second kappa shape index (κ2) is 7.25. The van der Waals surface area contributed by atoms with E-state index in [1.54, 1.807) is 6.07 Å². The van der Waals surface area contributed by atoms with Crippen molar-refractivity contribution < 1.29 is 8.42 Å². The van der Waals surface area contributed by atoms with E-state index in [1.165, 1.54) is 4.31 Å². The second-order valence-electron chi connectivity index (χ2n) is 5.07. The molecule has 0 heterocycles. The van der Waals surface area contributed by atoms with Crippen LogP contribution in [-0.4, -0.2) is 25.3 Å². The Morgan fingerprint density at radius 3 is 2.40 bits per heavy atom. The lowest BCUT2D eigenvalue weighted by atomic mass is 10.2. The molecule has 1 rings (SSSR count). The van der Waals surface area contributed by atoms with Crippen molar-refractivity contribution in [2.24, 2.45) is 0 Å². The first-order valence-corrected chi connectivity index (χ1v) is 9.39. The van der Waals surface area contributed by atoms with Crippen LogP contribution in [0.2, 0.25) is 0 Å². The van der Waals surface area contributed by atoms with Crippen LogP contribution in [-0.2, 0) is 15.9 Å². The molecule has 0 aliphatic heterocycles. The second-order valence-corrected chi connectivity index (χ2v) is 7.99. The monoisotopic (exact) mass is 381 g/mol. The van der Waals surface area contributed by atoms with Gasteiger partial charge in [-0.1, -0.05) is 13.0 Å². The van der Waals surface area contributed by atoms with E-state index >= 15 is 0 Å². The Bertz CT molecular complexity index is 573. The first-order chi connectivity index (χ1) is 9.25. The van der Waals surface area contributed by atoms with Crippen LogP contribution in [0.3, 0.4) is 0 Å². The van der Waals surface area contributed by atoms with Gasteiger partial charge in [0.15, 0.2) is 0 Å². The maximum absolute atomic E-state index is 12.9. The molecule has 0 atom stereocenters. The summed E-state index contributed by atoms with van der Waals surface area (Å²) in [5.41, 5.74) is 1.69. The van der Waals surface area contributed by atoms with E-state index in [0.29, 0.717) is 21.8 Å². The lowest BCUT2D eigenvalue weighted by molar-refractivity contribution is 0.354. The summed E-state index contributed by atoms with van der Waals surface area (Å²) < 4.78 is 27.9. The number of hydrogen-bond acceptors (Lipinski definition) is 2. The van der Waals surface area contributed by atoms with Crippen LogP contribution in [0, 0.1) is 6.92 Å². The maximum Gasteiger partial charge on any atom is 0.244 e. The highest BCUT2D eigenvalue weighted by Gasteiger charge is 2.29. The first-order valence-electron chi connectivity index (χ1n) is 6.62. The Labute approximate surface area is 135 Å². The summed E-state index contributed by atoms with van der Waals surface area (Å²) in [6.07, 6.45) is 0.781. The van der Waals surface area contributed by atoms with Crippen LogP contribution in [0.4, 0.5) is 0 Å². The van der Waals surface area contributed by atoms with Gasteiger partial charge in [0.1, 0.15) is 0 Å².